The van der Waals surface area contributed by atoms with Crippen molar-refractivity contribution in [2.24, 2.45) is 5.73 Å². The van der Waals surface area contributed by atoms with Crippen LogP contribution in [0.25, 0.3) is 0 Å². The molecule has 0 heterocycles. The molecular weight excluding hydrogens is 218 g/mol. The molecule has 0 radical (unpaired) electrons. The van der Waals surface area contributed by atoms with Crippen LogP contribution < -0.4 is 11.1 Å². The van der Waals surface area contributed by atoms with Gasteiger partial charge in [-0.25, -0.2) is 0 Å². The summed E-state index contributed by atoms with van der Waals surface area (Å²) in [7, 11) is 3.82. The van der Waals surface area contributed by atoms with E-state index in [9.17, 15) is 9.90 Å². The largest absolute Gasteiger partial charge is 0.390 e. The minimum absolute atomic E-state index is 0.430. The molecule has 0 fully saturated rings. The topological polar surface area (TPSA) is 78.6 Å². The Bertz CT molecular complexity index is 363. The number of anilines is 1. The van der Waals surface area contributed by atoms with Gasteiger partial charge in [-0.15, -0.1) is 0 Å². The first kappa shape index (κ1) is 13.5. The summed E-state index contributed by atoms with van der Waals surface area (Å²) in [5.41, 5.74) is 6.47. The molecule has 0 saturated heterocycles. The van der Waals surface area contributed by atoms with Crippen molar-refractivity contribution in [3.63, 3.8) is 0 Å². The van der Waals surface area contributed by atoms with E-state index >= 15 is 0 Å². The van der Waals surface area contributed by atoms with Crippen molar-refractivity contribution in [1.29, 1.82) is 0 Å². The van der Waals surface area contributed by atoms with Gasteiger partial charge in [0.25, 0.3) is 0 Å². The van der Waals surface area contributed by atoms with Gasteiger partial charge in [-0.3, -0.25) is 4.79 Å². The number of aliphatic hydroxyl groups excluding tert-OH is 1. The number of hydrogen-bond donors (Lipinski definition) is 3. The van der Waals surface area contributed by atoms with Crippen LogP contribution in [0, 0.1) is 0 Å². The molecular formula is C12H19N3O2. The molecule has 1 amide bonds. The van der Waals surface area contributed by atoms with Gasteiger partial charge in [-0.1, -0.05) is 0 Å². The number of aliphatic hydroxyl groups is 1. The second kappa shape index (κ2) is 6.22. The highest BCUT2D eigenvalue weighted by atomic mass is 16.3. The van der Waals surface area contributed by atoms with Crippen LogP contribution >= 0.6 is 0 Å². The van der Waals surface area contributed by atoms with Gasteiger partial charge in [0.05, 0.1) is 6.10 Å². The lowest BCUT2D eigenvalue weighted by molar-refractivity contribution is 0.1000. The summed E-state index contributed by atoms with van der Waals surface area (Å²) in [6.07, 6.45) is -0.430. The highest BCUT2D eigenvalue weighted by molar-refractivity contribution is 5.93. The Balaban J connectivity index is 2.44. The Hall–Kier alpha value is -1.59. The number of carbonyl (C=O) groups excluding carboxylic acids is 1. The number of nitrogens with zero attached hydrogens (tertiary/aromatic N) is 1. The number of amides is 1. The number of likely N-dealkylation sites (N-methyl/N-ethyl adjacent to an activating group) is 1. The minimum atomic E-state index is -0.441. The zero-order chi connectivity index (χ0) is 12.8. The molecule has 1 unspecified atom stereocenters. The maximum atomic E-state index is 10.9. The zero-order valence-corrected chi connectivity index (χ0v) is 10.2. The molecule has 5 nitrogen and oxygen atoms in total. The lowest BCUT2D eigenvalue weighted by Crippen LogP contribution is -2.31. The van der Waals surface area contributed by atoms with Gasteiger partial charge < -0.3 is 21.1 Å². The van der Waals surface area contributed by atoms with Crippen molar-refractivity contribution in [1.82, 2.24) is 4.90 Å². The van der Waals surface area contributed by atoms with Gasteiger partial charge in [0.15, 0.2) is 0 Å². The van der Waals surface area contributed by atoms with E-state index < -0.39 is 12.0 Å². The Morgan fingerprint density at radius 1 is 1.41 bits per heavy atom. The van der Waals surface area contributed by atoms with E-state index in [0.29, 0.717) is 18.7 Å². The molecule has 17 heavy (non-hydrogen) atoms. The molecule has 0 bridgehead atoms. The summed E-state index contributed by atoms with van der Waals surface area (Å²) >= 11 is 0. The lowest BCUT2D eigenvalue weighted by atomic mass is 10.2. The average molecular weight is 237 g/mol. The van der Waals surface area contributed by atoms with E-state index in [2.05, 4.69) is 5.32 Å². The molecule has 94 valence electrons. The number of rotatable bonds is 6. The summed E-state index contributed by atoms with van der Waals surface area (Å²) in [4.78, 5) is 12.8. The standard InChI is InChI=1S/C12H19N3O2/c1-15(2)8-11(16)7-14-10-5-3-9(4-6-10)12(13)17/h3-6,11,14,16H,7-8H2,1-2H3,(H2,13,17). The number of benzene rings is 1. The van der Waals surface area contributed by atoms with Crippen LogP contribution in [0.4, 0.5) is 5.69 Å². The summed E-state index contributed by atoms with van der Waals surface area (Å²) in [6.45, 7) is 1.07. The van der Waals surface area contributed by atoms with Crippen molar-refractivity contribution in [2.45, 2.75) is 6.10 Å². The fourth-order valence-electron chi connectivity index (χ4n) is 1.47. The minimum Gasteiger partial charge on any atom is -0.390 e. The maximum absolute atomic E-state index is 10.9. The molecule has 4 N–H and O–H groups in total. The van der Waals surface area contributed by atoms with Gasteiger partial charge >= 0.3 is 0 Å². The third kappa shape index (κ3) is 4.84. The van der Waals surface area contributed by atoms with Gasteiger partial charge in [0, 0.05) is 24.3 Å². The fourth-order valence-corrected chi connectivity index (χ4v) is 1.47. The smallest absolute Gasteiger partial charge is 0.248 e. The predicted molar refractivity (Wildman–Crippen MR) is 68.0 cm³/mol. The molecule has 1 aromatic carbocycles. The monoisotopic (exact) mass is 237 g/mol. The third-order valence-corrected chi connectivity index (χ3v) is 2.29. The van der Waals surface area contributed by atoms with Gasteiger partial charge in [0.1, 0.15) is 0 Å². The van der Waals surface area contributed by atoms with Crippen molar-refractivity contribution < 1.29 is 9.90 Å². The van der Waals surface area contributed by atoms with Crippen molar-refractivity contribution in [3.05, 3.63) is 29.8 Å². The molecule has 1 atom stereocenters. The van der Waals surface area contributed by atoms with Gasteiger partial charge in [-0.2, -0.15) is 0 Å². The lowest BCUT2D eigenvalue weighted by Gasteiger charge is -2.17. The molecule has 0 aliphatic rings. The first-order valence-corrected chi connectivity index (χ1v) is 5.45. The normalized spacial score (nSPS) is 12.5. The van der Waals surface area contributed by atoms with E-state index in [4.69, 9.17) is 5.73 Å². The van der Waals surface area contributed by atoms with Gasteiger partial charge in [-0.05, 0) is 38.4 Å². The van der Waals surface area contributed by atoms with Crippen LogP contribution in [0.2, 0.25) is 0 Å². The Labute approximate surface area is 101 Å². The number of hydrogen-bond acceptors (Lipinski definition) is 4. The SMILES string of the molecule is CN(C)CC(O)CNc1ccc(C(N)=O)cc1. The average Bonchev–Trinajstić information content (AvgIpc) is 2.26. The van der Waals surface area contributed by atoms with Gasteiger partial charge in [0.2, 0.25) is 5.91 Å². The van der Waals surface area contributed by atoms with E-state index in [1.54, 1.807) is 24.3 Å². The second-order valence-corrected chi connectivity index (χ2v) is 4.24. The predicted octanol–water partition coefficient (Wildman–Crippen LogP) is 0.120. The Morgan fingerprint density at radius 2 is 2.00 bits per heavy atom. The van der Waals surface area contributed by atoms with Crippen LogP contribution in [0.3, 0.4) is 0 Å². The quantitative estimate of drug-likeness (QED) is 0.656. The molecule has 5 heteroatoms. The number of primary amides is 1. The van der Waals surface area contributed by atoms with Crippen molar-refractivity contribution in [3.8, 4) is 0 Å². The number of carbonyl (C=O) groups is 1. The summed E-state index contributed by atoms with van der Waals surface area (Å²) in [5, 5.41) is 12.7. The molecule has 1 aromatic rings. The van der Waals surface area contributed by atoms with Crippen molar-refractivity contribution in [2.75, 3.05) is 32.5 Å². The van der Waals surface area contributed by atoms with E-state index in [-0.39, 0.29) is 0 Å². The molecule has 0 aliphatic heterocycles. The summed E-state index contributed by atoms with van der Waals surface area (Å²) in [5.74, 6) is -0.441. The Kier molecular flexibility index (Phi) is 4.93. The molecule has 0 aliphatic carbocycles. The Morgan fingerprint density at radius 3 is 2.47 bits per heavy atom. The number of nitrogens with two attached hydrogens (primary N) is 1. The van der Waals surface area contributed by atoms with Crippen LogP contribution in [-0.2, 0) is 0 Å². The van der Waals surface area contributed by atoms with Crippen LogP contribution in [0.1, 0.15) is 10.4 Å². The highest BCUT2D eigenvalue weighted by Gasteiger charge is 2.05. The van der Waals surface area contributed by atoms with Crippen LogP contribution in [0.5, 0.6) is 0 Å². The summed E-state index contributed by atoms with van der Waals surface area (Å²) in [6, 6.07) is 6.84. The summed E-state index contributed by atoms with van der Waals surface area (Å²) < 4.78 is 0. The first-order chi connectivity index (χ1) is 7.99. The molecule has 0 spiro atoms. The third-order valence-electron chi connectivity index (χ3n) is 2.29. The van der Waals surface area contributed by atoms with E-state index in [1.807, 2.05) is 19.0 Å². The number of nitrogens with one attached hydrogen (secondary N) is 1. The zero-order valence-electron chi connectivity index (χ0n) is 10.2. The maximum Gasteiger partial charge on any atom is 0.248 e. The van der Waals surface area contributed by atoms with Crippen LogP contribution in [0.15, 0.2) is 24.3 Å². The first-order valence-electron chi connectivity index (χ1n) is 5.45. The molecule has 0 aromatic heterocycles. The molecule has 0 saturated carbocycles. The van der Waals surface area contributed by atoms with Crippen molar-refractivity contribution >= 4 is 11.6 Å². The van der Waals surface area contributed by atoms with Crippen LogP contribution in [-0.4, -0.2) is 49.2 Å². The molecule has 1 rings (SSSR count). The van der Waals surface area contributed by atoms with E-state index in [1.165, 1.54) is 0 Å². The fraction of sp³-hybridized carbons (Fsp3) is 0.417. The van der Waals surface area contributed by atoms with E-state index in [0.717, 1.165) is 5.69 Å². The highest BCUT2D eigenvalue weighted by Crippen LogP contribution is 2.09. The second-order valence-electron chi connectivity index (χ2n) is 4.24.